The van der Waals surface area contributed by atoms with Crippen LogP contribution in [0, 0.1) is 0 Å². The van der Waals surface area contributed by atoms with Gasteiger partial charge < -0.3 is 5.11 Å². The van der Waals surface area contributed by atoms with E-state index in [9.17, 15) is 4.79 Å². The van der Waals surface area contributed by atoms with E-state index >= 15 is 0 Å². The number of nitrogens with one attached hydrogen (secondary N) is 1. The van der Waals surface area contributed by atoms with Gasteiger partial charge in [-0.3, -0.25) is 9.72 Å². The Kier molecular flexibility index (Phi) is 2.94. The van der Waals surface area contributed by atoms with E-state index in [0.717, 1.165) is 11.0 Å². The first kappa shape index (κ1) is 13.3. The second-order valence-corrected chi connectivity index (χ2v) is 5.06. The Balaban J connectivity index is 1.90. The number of amides is 1. The Morgan fingerprint density at radius 1 is 1.00 bits per heavy atom. The number of carboxylic acid groups (broad SMARTS) is 1. The maximum Gasteiger partial charge on any atom is 0.409 e. The molecule has 6 heteroatoms. The van der Waals surface area contributed by atoms with Crippen LogP contribution in [0.1, 0.15) is 0 Å². The van der Waals surface area contributed by atoms with Gasteiger partial charge in [-0.05, 0) is 24.3 Å². The summed E-state index contributed by atoms with van der Waals surface area (Å²) in [5, 5.41) is 11.4. The fourth-order valence-corrected chi connectivity index (χ4v) is 2.63. The highest BCUT2D eigenvalue weighted by Gasteiger charge is 2.11. The molecule has 2 aromatic heterocycles. The molecule has 4 aromatic rings. The molecule has 0 bridgehead atoms. The van der Waals surface area contributed by atoms with Crippen LogP contribution in [0.2, 0.25) is 0 Å². The highest BCUT2D eigenvalue weighted by atomic mass is 16.4. The maximum absolute atomic E-state index is 10.9. The number of para-hydroxylation sites is 3. The number of carbonyl (C=O) groups is 1. The van der Waals surface area contributed by atoms with Crippen molar-refractivity contribution in [1.82, 2.24) is 14.4 Å². The number of hydrogen-bond donors (Lipinski definition) is 2. The molecule has 2 aromatic carbocycles. The third kappa shape index (κ3) is 2.26. The average molecular weight is 304 g/mol. The number of fused-ring (bicyclic) bond motifs is 3. The minimum Gasteiger partial charge on any atom is -0.465 e. The Labute approximate surface area is 131 Å². The van der Waals surface area contributed by atoms with Gasteiger partial charge in [0, 0.05) is 11.8 Å². The van der Waals surface area contributed by atoms with Gasteiger partial charge in [-0.2, -0.15) is 0 Å². The molecule has 0 radical (unpaired) electrons. The lowest BCUT2D eigenvalue weighted by atomic mass is 10.1. The Morgan fingerprint density at radius 3 is 2.65 bits per heavy atom. The van der Waals surface area contributed by atoms with Crippen LogP contribution in [0.15, 0.2) is 60.8 Å². The Hall–Kier alpha value is -3.41. The van der Waals surface area contributed by atoms with Gasteiger partial charge in [0.1, 0.15) is 0 Å². The normalized spacial score (nSPS) is 11.0. The van der Waals surface area contributed by atoms with Crippen molar-refractivity contribution < 1.29 is 9.90 Å². The summed E-state index contributed by atoms with van der Waals surface area (Å²) in [5.74, 6) is 0.578. The Bertz CT molecular complexity index is 1040. The zero-order chi connectivity index (χ0) is 15.8. The van der Waals surface area contributed by atoms with E-state index in [1.54, 1.807) is 12.1 Å². The molecule has 4 rings (SSSR count). The molecule has 0 saturated heterocycles. The lowest BCUT2D eigenvalue weighted by Gasteiger charge is -2.08. The van der Waals surface area contributed by atoms with Crippen molar-refractivity contribution in [3.8, 4) is 11.3 Å². The summed E-state index contributed by atoms with van der Waals surface area (Å²) >= 11 is 0. The van der Waals surface area contributed by atoms with Crippen LogP contribution in [-0.2, 0) is 0 Å². The van der Waals surface area contributed by atoms with E-state index in [0.29, 0.717) is 22.7 Å². The van der Waals surface area contributed by atoms with Gasteiger partial charge >= 0.3 is 6.09 Å². The van der Waals surface area contributed by atoms with Gasteiger partial charge in [0.15, 0.2) is 0 Å². The zero-order valence-electron chi connectivity index (χ0n) is 12.0. The van der Waals surface area contributed by atoms with Gasteiger partial charge in [-0.25, -0.2) is 14.8 Å². The fraction of sp³-hybridized carbons (Fsp3) is 0. The van der Waals surface area contributed by atoms with Crippen LogP contribution in [0.25, 0.3) is 28.1 Å². The molecular weight excluding hydrogens is 292 g/mol. The summed E-state index contributed by atoms with van der Waals surface area (Å²) in [6.45, 7) is 0. The van der Waals surface area contributed by atoms with Crippen LogP contribution in [0.3, 0.4) is 0 Å². The van der Waals surface area contributed by atoms with Gasteiger partial charge in [-0.15, -0.1) is 0 Å². The molecule has 112 valence electrons. The van der Waals surface area contributed by atoms with E-state index < -0.39 is 6.09 Å². The van der Waals surface area contributed by atoms with Crippen molar-refractivity contribution in [2.45, 2.75) is 0 Å². The molecule has 2 N–H and O–H groups in total. The summed E-state index contributed by atoms with van der Waals surface area (Å²) in [4.78, 5) is 20.0. The number of hydrogen-bond acceptors (Lipinski definition) is 3. The second-order valence-electron chi connectivity index (χ2n) is 5.06. The highest BCUT2D eigenvalue weighted by Crippen LogP contribution is 2.27. The van der Waals surface area contributed by atoms with E-state index in [-0.39, 0.29) is 0 Å². The summed E-state index contributed by atoms with van der Waals surface area (Å²) in [5.41, 5.74) is 3.72. The van der Waals surface area contributed by atoms with E-state index in [2.05, 4.69) is 15.3 Å². The molecule has 0 spiro atoms. The fourth-order valence-electron chi connectivity index (χ4n) is 2.63. The minimum absolute atomic E-state index is 0.493. The molecule has 2 heterocycles. The van der Waals surface area contributed by atoms with Crippen LogP contribution in [0.4, 0.5) is 10.5 Å². The highest BCUT2D eigenvalue weighted by molar-refractivity contribution is 5.90. The van der Waals surface area contributed by atoms with Crippen molar-refractivity contribution in [3.05, 3.63) is 60.8 Å². The van der Waals surface area contributed by atoms with Crippen LogP contribution < -0.4 is 5.32 Å². The number of rotatable bonds is 2. The summed E-state index contributed by atoms with van der Waals surface area (Å²) < 4.78 is 1.91. The van der Waals surface area contributed by atoms with Crippen molar-refractivity contribution in [1.29, 1.82) is 0 Å². The quantitative estimate of drug-likeness (QED) is 0.592. The first-order valence-electron chi connectivity index (χ1n) is 7.05. The van der Waals surface area contributed by atoms with Gasteiger partial charge in [-0.1, -0.05) is 30.3 Å². The number of anilines is 1. The molecular formula is C17H12N4O2. The second kappa shape index (κ2) is 5.10. The SMILES string of the molecule is O=C(O)Nc1ccccc1-c1ccn2c(n1)nc1ccccc12. The maximum atomic E-state index is 10.9. The van der Waals surface area contributed by atoms with Crippen LogP contribution >= 0.6 is 0 Å². The average Bonchev–Trinajstić information content (AvgIpc) is 2.92. The predicted octanol–water partition coefficient (Wildman–Crippen LogP) is 3.64. The Morgan fingerprint density at radius 2 is 1.78 bits per heavy atom. The van der Waals surface area contributed by atoms with Crippen molar-refractivity contribution in [2.24, 2.45) is 0 Å². The number of benzene rings is 2. The zero-order valence-corrected chi connectivity index (χ0v) is 12.0. The van der Waals surface area contributed by atoms with E-state index in [4.69, 9.17) is 5.11 Å². The standard InChI is InChI=1S/C17H12N4O2/c22-17(23)20-12-6-2-1-5-11(12)13-9-10-21-15-8-4-3-7-14(15)19-16(21)18-13/h1-10,20H,(H,22,23). The molecule has 0 fully saturated rings. The van der Waals surface area contributed by atoms with Crippen molar-refractivity contribution in [3.63, 3.8) is 0 Å². The first-order chi connectivity index (χ1) is 11.2. The largest absolute Gasteiger partial charge is 0.465 e. The van der Waals surface area contributed by atoms with Crippen LogP contribution in [0.5, 0.6) is 0 Å². The molecule has 0 aliphatic carbocycles. The third-order valence-electron chi connectivity index (χ3n) is 3.62. The van der Waals surface area contributed by atoms with Crippen LogP contribution in [-0.4, -0.2) is 25.6 Å². The molecule has 0 aliphatic rings. The predicted molar refractivity (Wildman–Crippen MR) is 87.6 cm³/mol. The van der Waals surface area contributed by atoms with Crippen molar-refractivity contribution >= 4 is 28.6 Å². The van der Waals surface area contributed by atoms with Gasteiger partial charge in [0.25, 0.3) is 0 Å². The summed E-state index contributed by atoms with van der Waals surface area (Å²) in [7, 11) is 0. The summed E-state index contributed by atoms with van der Waals surface area (Å²) in [6, 6.07) is 16.8. The van der Waals surface area contributed by atoms with Gasteiger partial charge in [0.05, 0.1) is 22.4 Å². The smallest absolute Gasteiger partial charge is 0.409 e. The first-order valence-corrected chi connectivity index (χ1v) is 7.05. The lowest BCUT2D eigenvalue weighted by molar-refractivity contribution is 0.210. The topological polar surface area (TPSA) is 79.5 Å². The molecule has 23 heavy (non-hydrogen) atoms. The number of nitrogens with zero attached hydrogens (tertiary/aromatic N) is 3. The molecule has 1 amide bonds. The third-order valence-corrected chi connectivity index (χ3v) is 3.62. The molecule has 6 nitrogen and oxygen atoms in total. The molecule has 0 aliphatic heterocycles. The van der Waals surface area contributed by atoms with E-state index in [1.165, 1.54) is 0 Å². The van der Waals surface area contributed by atoms with Crippen molar-refractivity contribution in [2.75, 3.05) is 5.32 Å². The van der Waals surface area contributed by atoms with E-state index in [1.807, 2.05) is 53.1 Å². The number of imidazole rings is 1. The molecule has 0 saturated carbocycles. The van der Waals surface area contributed by atoms with Gasteiger partial charge in [0.2, 0.25) is 5.78 Å². The summed E-state index contributed by atoms with van der Waals surface area (Å²) in [6.07, 6.45) is 0.787. The monoisotopic (exact) mass is 304 g/mol. The lowest BCUT2D eigenvalue weighted by Crippen LogP contribution is -2.08. The molecule has 0 atom stereocenters. The number of aromatic nitrogens is 3. The minimum atomic E-state index is -1.11. The molecule has 0 unspecified atom stereocenters.